The van der Waals surface area contributed by atoms with E-state index in [2.05, 4.69) is 43.1 Å². The summed E-state index contributed by atoms with van der Waals surface area (Å²) in [5.41, 5.74) is 1.89. The summed E-state index contributed by atoms with van der Waals surface area (Å²) in [6.45, 7) is 5.44. The second-order valence-electron chi connectivity index (χ2n) is 4.67. The number of halogens is 1. The summed E-state index contributed by atoms with van der Waals surface area (Å²) in [5, 5.41) is 6.39. The molecule has 2 heterocycles. The van der Waals surface area contributed by atoms with Gasteiger partial charge in [-0.2, -0.15) is 0 Å². The molecule has 2 rings (SSSR count). The summed E-state index contributed by atoms with van der Waals surface area (Å²) in [6, 6.07) is 0. The number of methoxy groups -OCH3 is 1. The van der Waals surface area contributed by atoms with Gasteiger partial charge < -0.3 is 10.1 Å². The van der Waals surface area contributed by atoms with Gasteiger partial charge in [-0.15, -0.1) is 11.3 Å². The minimum Gasteiger partial charge on any atom is -0.378 e. The highest BCUT2D eigenvalue weighted by molar-refractivity contribution is 9.10. The first kappa shape index (κ1) is 16.3. The molecule has 0 spiro atoms. The first-order chi connectivity index (χ1) is 10.1. The lowest BCUT2D eigenvalue weighted by molar-refractivity contribution is 0.180. The van der Waals surface area contributed by atoms with Crippen LogP contribution in [0.3, 0.4) is 0 Å². The molecule has 5 nitrogen and oxygen atoms in total. The van der Waals surface area contributed by atoms with E-state index in [0.717, 1.165) is 45.5 Å². The Kier molecular flexibility index (Phi) is 6.08. The van der Waals surface area contributed by atoms with E-state index in [9.17, 15) is 0 Å². The molecule has 0 bridgehead atoms. The predicted molar refractivity (Wildman–Crippen MR) is 88.9 cm³/mol. The Balaban J connectivity index is 2.28. The van der Waals surface area contributed by atoms with Gasteiger partial charge in [0.15, 0.2) is 0 Å². The quantitative estimate of drug-likeness (QED) is 0.807. The molecule has 0 aromatic carbocycles. The molecule has 0 atom stereocenters. The highest BCUT2D eigenvalue weighted by Crippen LogP contribution is 2.25. The maximum Gasteiger partial charge on any atom is 0.144 e. The number of nitrogens with zero attached hydrogens (tertiary/aromatic N) is 3. The van der Waals surface area contributed by atoms with E-state index in [-0.39, 0.29) is 0 Å². The van der Waals surface area contributed by atoms with Crippen molar-refractivity contribution in [3.8, 4) is 0 Å². The van der Waals surface area contributed by atoms with Crippen molar-refractivity contribution in [2.24, 2.45) is 0 Å². The fraction of sp³-hybridized carbons (Fsp3) is 0.500. The number of hydrogen-bond acceptors (Lipinski definition) is 6. The molecule has 0 aliphatic heterocycles. The molecule has 114 valence electrons. The zero-order valence-corrected chi connectivity index (χ0v) is 14.8. The molecule has 2 aromatic heterocycles. The predicted octanol–water partition coefficient (Wildman–Crippen LogP) is 3.56. The molecule has 0 fully saturated rings. The number of aromatic nitrogens is 3. The minimum absolute atomic E-state index is 0.452. The summed E-state index contributed by atoms with van der Waals surface area (Å²) in [5.74, 6) is 1.58. The van der Waals surface area contributed by atoms with E-state index in [1.54, 1.807) is 18.4 Å². The molecule has 21 heavy (non-hydrogen) atoms. The summed E-state index contributed by atoms with van der Waals surface area (Å²) in [6.07, 6.45) is 1.68. The van der Waals surface area contributed by atoms with Gasteiger partial charge in [-0.25, -0.2) is 15.0 Å². The molecule has 0 saturated carbocycles. The molecule has 0 aliphatic carbocycles. The zero-order valence-electron chi connectivity index (χ0n) is 12.4. The molecular formula is C14H19BrN4OS. The fourth-order valence-electron chi connectivity index (χ4n) is 1.84. The van der Waals surface area contributed by atoms with Crippen molar-refractivity contribution in [1.29, 1.82) is 0 Å². The average Bonchev–Trinajstić information content (AvgIpc) is 2.86. The summed E-state index contributed by atoms with van der Waals surface area (Å²) < 4.78 is 6.09. The molecule has 2 aromatic rings. The van der Waals surface area contributed by atoms with E-state index in [4.69, 9.17) is 4.74 Å². The minimum atomic E-state index is 0.452. The van der Waals surface area contributed by atoms with Crippen LogP contribution < -0.4 is 5.32 Å². The van der Waals surface area contributed by atoms with Gasteiger partial charge in [0, 0.05) is 24.7 Å². The van der Waals surface area contributed by atoms with Crippen molar-refractivity contribution in [3.63, 3.8) is 0 Å². The Morgan fingerprint density at radius 1 is 1.33 bits per heavy atom. The lowest BCUT2D eigenvalue weighted by Crippen LogP contribution is -2.10. The monoisotopic (exact) mass is 370 g/mol. The van der Waals surface area contributed by atoms with Crippen molar-refractivity contribution < 1.29 is 4.74 Å². The Morgan fingerprint density at radius 3 is 2.76 bits per heavy atom. The van der Waals surface area contributed by atoms with Crippen molar-refractivity contribution in [3.05, 3.63) is 32.1 Å². The van der Waals surface area contributed by atoms with Gasteiger partial charge in [0.1, 0.15) is 16.6 Å². The van der Waals surface area contributed by atoms with Crippen LogP contribution in [0.25, 0.3) is 0 Å². The standard InChI is InChI=1S/C14H19BrN4OS/c1-4-5-16-14-13(15)10(7-20-3)18-11(19-14)6-12-17-9(2)8-21-12/h8H,4-7H2,1-3H3,(H,16,18,19). The molecule has 7 heteroatoms. The molecule has 1 N–H and O–H groups in total. The Bertz CT molecular complexity index is 603. The molecule has 0 aliphatic rings. The van der Waals surface area contributed by atoms with Crippen LogP contribution in [0.2, 0.25) is 0 Å². The first-order valence-corrected chi connectivity index (χ1v) is 8.50. The van der Waals surface area contributed by atoms with Crippen LogP contribution >= 0.6 is 27.3 Å². The highest BCUT2D eigenvalue weighted by Gasteiger charge is 2.13. The van der Waals surface area contributed by atoms with Gasteiger partial charge in [0.25, 0.3) is 0 Å². The number of ether oxygens (including phenoxy) is 1. The van der Waals surface area contributed by atoms with Gasteiger partial charge >= 0.3 is 0 Å². The molecule has 0 saturated heterocycles. The van der Waals surface area contributed by atoms with Crippen LogP contribution in [0.15, 0.2) is 9.85 Å². The summed E-state index contributed by atoms with van der Waals surface area (Å²) in [7, 11) is 1.66. The average molecular weight is 371 g/mol. The van der Waals surface area contributed by atoms with E-state index < -0.39 is 0 Å². The molecule has 0 radical (unpaired) electrons. The third-order valence-corrected chi connectivity index (χ3v) is 4.57. The van der Waals surface area contributed by atoms with Crippen molar-refractivity contribution >= 4 is 33.1 Å². The van der Waals surface area contributed by atoms with E-state index in [1.807, 2.05) is 12.3 Å². The van der Waals surface area contributed by atoms with Crippen LogP contribution in [-0.2, 0) is 17.8 Å². The maximum absolute atomic E-state index is 5.22. The number of hydrogen-bond donors (Lipinski definition) is 1. The third kappa shape index (κ3) is 4.46. The normalized spacial score (nSPS) is 10.9. The van der Waals surface area contributed by atoms with Crippen LogP contribution in [0.1, 0.15) is 35.6 Å². The number of anilines is 1. The van der Waals surface area contributed by atoms with E-state index >= 15 is 0 Å². The van der Waals surface area contributed by atoms with Crippen LogP contribution in [0.5, 0.6) is 0 Å². The molecule has 0 unspecified atom stereocenters. The van der Waals surface area contributed by atoms with Crippen molar-refractivity contribution in [1.82, 2.24) is 15.0 Å². The van der Waals surface area contributed by atoms with Gasteiger partial charge in [-0.1, -0.05) is 6.92 Å². The first-order valence-electron chi connectivity index (χ1n) is 6.83. The second kappa shape index (κ2) is 7.82. The van der Waals surface area contributed by atoms with Gasteiger partial charge in [-0.05, 0) is 29.3 Å². The third-order valence-electron chi connectivity index (χ3n) is 2.77. The molecule has 0 amide bonds. The van der Waals surface area contributed by atoms with Gasteiger partial charge in [0.2, 0.25) is 0 Å². The van der Waals surface area contributed by atoms with Gasteiger partial charge in [-0.3, -0.25) is 0 Å². The Labute approximate surface area is 137 Å². The number of thiazole rings is 1. The second-order valence-corrected chi connectivity index (χ2v) is 6.40. The van der Waals surface area contributed by atoms with Crippen molar-refractivity contribution in [2.45, 2.75) is 33.3 Å². The van der Waals surface area contributed by atoms with Crippen molar-refractivity contribution in [2.75, 3.05) is 19.0 Å². The van der Waals surface area contributed by atoms with Crippen LogP contribution in [0.4, 0.5) is 5.82 Å². The summed E-state index contributed by atoms with van der Waals surface area (Å²) >= 11 is 5.19. The Hall–Kier alpha value is -1.05. The van der Waals surface area contributed by atoms with Gasteiger partial charge in [0.05, 0.1) is 23.2 Å². The Morgan fingerprint density at radius 2 is 2.14 bits per heavy atom. The largest absolute Gasteiger partial charge is 0.378 e. The van der Waals surface area contributed by atoms with Crippen LogP contribution in [0, 0.1) is 6.92 Å². The lowest BCUT2D eigenvalue weighted by Gasteiger charge is -2.12. The number of nitrogens with one attached hydrogen (secondary N) is 1. The van der Waals surface area contributed by atoms with E-state index in [1.165, 1.54) is 0 Å². The lowest BCUT2D eigenvalue weighted by atomic mass is 10.3. The van der Waals surface area contributed by atoms with Crippen LogP contribution in [-0.4, -0.2) is 28.6 Å². The van der Waals surface area contributed by atoms with E-state index in [0.29, 0.717) is 13.0 Å². The topological polar surface area (TPSA) is 59.9 Å². The number of aryl methyl sites for hydroxylation is 1. The molecular weight excluding hydrogens is 352 g/mol. The smallest absolute Gasteiger partial charge is 0.144 e. The zero-order chi connectivity index (χ0) is 15.2. The SMILES string of the molecule is CCCNc1nc(Cc2nc(C)cs2)nc(COC)c1Br. The number of rotatable bonds is 7. The fourth-order valence-corrected chi connectivity index (χ4v) is 3.04. The highest BCUT2D eigenvalue weighted by atomic mass is 79.9. The summed E-state index contributed by atoms with van der Waals surface area (Å²) in [4.78, 5) is 13.6. The maximum atomic E-state index is 5.22.